The van der Waals surface area contributed by atoms with Gasteiger partial charge in [0.05, 0.1) is 13.2 Å². The Morgan fingerprint density at radius 3 is 2.95 bits per heavy atom. The molecule has 7 heteroatoms. The van der Waals surface area contributed by atoms with Gasteiger partial charge < -0.3 is 19.5 Å². The summed E-state index contributed by atoms with van der Waals surface area (Å²) >= 11 is 5.91. The second-order valence-electron chi connectivity index (χ2n) is 4.72. The number of nitrogens with zero attached hydrogens (tertiary/aromatic N) is 1. The van der Waals surface area contributed by atoms with E-state index >= 15 is 0 Å². The fraction of sp³-hybridized carbons (Fsp3) is 0.429. The lowest BCUT2D eigenvalue weighted by Gasteiger charge is -2.32. The summed E-state index contributed by atoms with van der Waals surface area (Å²) in [6, 6.07) is 4.12. The number of morpholine rings is 1. The number of hydrogen-bond acceptors (Lipinski definition) is 4. The first-order valence-corrected chi connectivity index (χ1v) is 6.86. The number of ether oxygens (including phenoxy) is 2. The lowest BCUT2D eigenvalue weighted by molar-refractivity contribution is -0.159. The first-order chi connectivity index (χ1) is 9.99. The standard InChI is InChI=1S/C14H16ClNO5/c1-9-6-10(2-3-11(9)15)21-8-13(17)16-4-5-20-7-12(16)14(18)19/h2-3,6,12H,4-5,7-8H2,1H3,(H,18,19)/t12-/m1/s1. The number of carbonyl (C=O) groups excluding carboxylic acids is 1. The fourth-order valence-corrected chi connectivity index (χ4v) is 2.16. The molecular formula is C14H16ClNO5. The Kier molecular flexibility index (Phi) is 5.03. The van der Waals surface area contributed by atoms with Crippen molar-refractivity contribution in [2.45, 2.75) is 13.0 Å². The summed E-state index contributed by atoms with van der Waals surface area (Å²) in [5, 5.41) is 9.70. The summed E-state index contributed by atoms with van der Waals surface area (Å²) < 4.78 is 10.5. The van der Waals surface area contributed by atoms with Crippen LogP contribution in [-0.2, 0) is 14.3 Å². The Labute approximate surface area is 127 Å². The highest BCUT2D eigenvalue weighted by Gasteiger charge is 2.32. The van der Waals surface area contributed by atoms with Crippen LogP contribution in [0.25, 0.3) is 0 Å². The number of rotatable bonds is 4. The number of aliphatic carboxylic acids is 1. The topological polar surface area (TPSA) is 76.1 Å². The van der Waals surface area contributed by atoms with Crippen molar-refractivity contribution in [3.05, 3.63) is 28.8 Å². The van der Waals surface area contributed by atoms with Crippen molar-refractivity contribution in [1.29, 1.82) is 0 Å². The molecule has 6 nitrogen and oxygen atoms in total. The highest BCUT2D eigenvalue weighted by atomic mass is 35.5. The van der Waals surface area contributed by atoms with Gasteiger partial charge >= 0.3 is 5.97 Å². The number of aryl methyl sites for hydroxylation is 1. The second-order valence-corrected chi connectivity index (χ2v) is 5.12. The van der Waals surface area contributed by atoms with Crippen molar-refractivity contribution in [3.8, 4) is 5.75 Å². The molecule has 1 heterocycles. The van der Waals surface area contributed by atoms with E-state index in [1.807, 2.05) is 6.92 Å². The smallest absolute Gasteiger partial charge is 0.328 e. The first-order valence-electron chi connectivity index (χ1n) is 6.48. The summed E-state index contributed by atoms with van der Waals surface area (Å²) in [5.41, 5.74) is 0.844. The van der Waals surface area contributed by atoms with Crippen LogP contribution in [-0.4, -0.2) is 54.3 Å². The van der Waals surface area contributed by atoms with E-state index in [9.17, 15) is 9.59 Å². The summed E-state index contributed by atoms with van der Waals surface area (Å²) in [6.07, 6.45) is 0. The number of carboxylic acid groups (broad SMARTS) is 1. The maximum Gasteiger partial charge on any atom is 0.328 e. The Morgan fingerprint density at radius 2 is 2.29 bits per heavy atom. The van der Waals surface area contributed by atoms with E-state index in [1.165, 1.54) is 4.90 Å². The van der Waals surface area contributed by atoms with Gasteiger partial charge in [-0.3, -0.25) is 4.79 Å². The predicted octanol–water partition coefficient (Wildman–Crippen LogP) is 1.34. The van der Waals surface area contributed by atoms with Gasteiger partial charge in [-0.15, -0.1) is 0 Å². The van der Waals surface area contributed by atoms with E-state index < -0.39 is 12.0 Å². The van der Waals surface area contributed by atoms with Gasteiger partial charge in [-0.1, -0.05) is 11.6 Å². The third-order valence-electron chi connectivity index (χ3n) is 3.23. The van der Waals surface area contributed by atoms with Gasteiger partial charge in [-0.05, 0) is 30.7 Å². The minimum absolute atomic E-state index is 0.00112. The number of amides is 1. The minimum Gasteiger partial charge on any atom is -0.484 e. The molecule has 1 atom stereocenters. The van der Waals surface area contributed by atoms with Crippen LogP contribution in [0, 0.1) is 6.92 Å². The molecule has 1 aromatic carbocycles. The third-order valence-corrected chi connectivity index (χ3v) is 3.65. The average Bonchev–Trinajstić information content (AvgIpc) is 2.48. The predicted molar refractivity (Wildman–Crippen MR) is 75.6 cm³/mol. The normalized spacial score (nSPS) is 18.4. The van der Waals surface area contributed by atoms with Gasteiger partial charge in [0.1, 0.15) is 5.75 Å². The zero-order valence-corrected chi connectivity index (χ0v) is 12.3. The van der Waals surface area contributed by atoms with Gasteiger partial charge in [0.25, 0.3) is 5.91 Å². The van der Waals surface area contributed by atoms with Crippen molar-refractivity contribution < 1.29 is 24.2 Å². The number of benzene rings is 1. The molecule has 2 rings (SSSR count). The highest BCUT2D eigenvalue weighted by molar-refractivity contribution is 6.31. The molecule has 1 saturated heterocycles. The molecule has 114 valence electrons. The van der Waals surface area contributed by atoms with Gasteiger partial charge in [0.15, 0.2) is 12.6 Å². The summed E-state index contributed by atoms with van der Waals surface area (Å²) in [6.45, 7) is 2.19. The molecular weight excluding hydrogens is 298 g/mol. The molecule has 0 saturated carbocycles. The van der Waals surface area contributed by atoms with Crippen molar-refractivity contribution in [1.82, 2.24) is 4.90 Å². The van der Waals surface area contributed by atoms with Crippen LogP contribution in [0.2, 0.25) is 5.02 Å². The zero-order chi connectivity index (χ0) is 15.4. The van der Waals surface area contributed by atoms with Crippen molar-refractivity contribution >= 4 is 23.5 Å². The van der Waals surface area contributed by atoms with Crippen molar-refractivity contribution in [2.24, 2.45) is 0 Å². The Bertz CT molecular complexity index is 548. The number of halogens is 1. The molecule has 1 amide bonds. The molecule has 0 radical (unpaired) electrons. The zero-order valence-electron chi connectivity index (χ0n) is 11.5. The number of carbonyl (C=O) groups is 2. The van der Waals surface area contributed by atoms with Crippen LogP contribution in [0.4, 0.5) is 0 Å². The number of hydrogen-bond donors (Lipinski definition) is 1. The molecule has 21 heavy (non-hydrogen) atoms. The van der Waals surface area contributed by atoms with E-state index in [4.69, 9.17) is 26.2 Å². The van der Waals surface area contributed by atoms with E-state index in [1.54, 1.807) is 18.2 Å². The molecule has 1 aromatic rings. The minimum atomic E-state index is -1.08. The summed E-state index contributed by atoms with van der Waals surface area (Å²) in [5.74, 6) is -0.936. The molecule has 1 aliphatic heterocycles. The third kappa shape index (κ3) is 3.86. The lowest BCUT2D eigenvalue weighted by Crippen LogP contribution is -2.53. The van der Waals surface area contributed by atoms with Crippen LogP contribution in [0.15, 0.2) is 18.2 Å². The van der Waals surface area contributed by atoms with E-state index in [0.29, 0.717) is 17.4 Å². The molecule has 0 aromatic heterocycles. The van der Waals surface area contributed by atoms with Crippen LogP contribution in [0.5, 0.6) is 5.75 Å². The molecule has 0 bridgehead atoms. The van der Waals surface area contributed by atoms with E-state index in [-0.39, 0.29) is 25.7 Å². The summed E-state index contributed by atoms with van der Waals surface area (Å²) in [4.78, 5) is 24.5. The molecule has 1 fully saturated rings. The Morgan fingerprint density at radius 1 is 1.52 bits per heavy atom. The van der Waals surface area contributed by atoms with Crippen LogP contribution >= 0.6 is 11.6 Å². The molecule has 0 unspecified atom stereocenters. The second kappa shape index (κ2) is 6.78. The van der Waals surface area contributed by atoms with Gasteiger partial charge in [-0.25, -0.2) is 4.79 Å². The van der Waals surface area contributed by atoms with Crippen LogP contribution in [0.1, 0.15) is 5.56 Å². The van der Waals surface area contributed by atoms with Crippen LogP contribution in [0.3, 0.4) is 0 Å². The van der Waals surface area contributed by atoms with Crippen molar-refractivity contribution in [3.63, 3.8) is 0 Å². The Hall–Kier alpha value is -1.79. The first kappa shape index (κ1) is 15.6. The quantitative estimate of drug-likeness (QED) is 0.908. The maximum absolute atomic E-state index is 12.1. The van der Waals surface area contributed by atoms with Crippen LogP contribution < -0.4 is 4.74 Å². The molecule has 1 aliphatic rings. The average molecular weight is 314 g/mol. The largest absolute Gasteiger partial charge is 0.484 e. The monoisotopic (exact) mass is 313 g/mol. The SMILES string of the molecule is Cc1cc(OCC(=O)N2CCOC[C@@H]2C(=O)O)ccc1Cl. The number of carboxylic acids is 1. The summed E-state index contributed by atoms with van der Waals surface area (Å²) in [7, 11) is 0. The molecule has 0 aliphatic carbocycles. The molecule has 1 N–H and O–H groups in total. The van der Waals surface area contributed by atoms with Crippen molar-refractivity contribution in [2.75, 3.05) is 26.4 Å². The van der Waals surface area contributed by atoms with Gasteiger partial charge in [0.2, 0.25) is 0 Å². The molecule has 0 spiro atoms. The fourth-order valence-electron chi connectivity index (χ4n) is 2.04. The Balaban J connectivity index is 1.96. The van der Waals surface area contributed by atoms with E-state index in [2.05, 4.69) is 0 Å². The highest BCUT2D eigenvalue weighted by Crippen LogP contribution is 2.21. The van der Waals surface area contributed by atoms with E-state index in [0.717, 1.165) is 5.56 Å². The maximum atomic E-state index is 12.1. The lowest BCUT2D eigenvalue weighted by atomic mass is 10.2. The van der Waals surface area contributed by atoms with Gasteiger partial charge in [-0.2, -0.15) is 0 Å². The van der Waals surface area contributed by atoms with Gasteiger partial charge in [0, 0.05) is 11.6 Å².